The number of anilines is 3. The minimum absolute atomic E-state index is 0.00807. The number of carbonyl (C=O) groups excluding carboxylic acids is 3. The predicted molar refractivity (Wildman–Crippen MR) is 202 cm³/mol. The zero-order valence-electron chi connectivity index (χ0n) is 30.7. The molecule has 0 bridgehead atoms. The summed E-state index contributed by atoms with van der Waals surface area (Å²) in [6.45, 7) is 7.10. The molecule has 3 amide bonds. The van der Waals surface area contributed by atoms with Crippen molar-refractivity contribution in [3.63, 3.8) is 0 Å². The molecular formula is C37H39FN12O5S. The number of hydrogen-bond acceptors (Lipinski definition) is 13. The van der Waals surface area contributed by atoms with Gasteiger partial charge in [0.25, 0.3) is 15.9 Å². The van der Waals surface area contributed by atoms with Crippen LogP contribution in [0, 0.1) is 5.82 Å². The molecule has 0 radical (unpaired) electrons. The highest BCUT2D eigenvalue weighted by atomic mass is 32.2. The van der Waals surface area contributed by atoms with Crippen LogP contribution in [0.3, 0.4) is 0 Å². The standard InChI is InChI=1S/C37H39FN12O5S/c1-21(2)50-29-15-31(42-30-9-10-39-34(43-30)23-16-41-49(19-23)56(54,55)24-4-5-24)40-17-26(29)35(45-50)47-13-11-46(12-14-47)18-22-3-6-25-27(33(22)38)20-48(37(25)53)28-7-8-32(51)44-36(28)52/h3,6,9-10,15-17,19,21,24,28H,4-5,7-8,11-14,18,20H2,1-2H3,(H,44,51,52)(H,39,40,42,43). The van der Waals surface area contributed by atoms with Gasteiger partial charge in [-0.15, -0.1) is 0 Å². The van der Waals surface area contributed by atoms with E-state index in [2.05, 4.69) is 54.3 Å². The number of imide groups is 1. The average Bonchev–Trinajstić information content (AvgIpc) is 3.66. The Bertz CT molecular complexity index is 2530. The number of piperazine rings is 1. The molecule has 0 spiro atoms. The first kappa shape index (κ1) is 35.9. The van der Waals surface area contributed by atoms with E-state index in [1.807, 2.05) is 10.7 Å². The first-order chi connectivity index (χ1) is 26.9. The van der Waals surface area contributed by atoms with E-state index in [9.17, 15) is 22.8 Å². The van der Waals surface area contributed by atoms with Crippen molar-refractivity contribution in [3.8, 4) is 11.4 Å². The fourth-order valence-electron chi connectivity index (χ4n) is 7.62. The van der Waals surface area contributed by atoms with Gasteiger partial charge in [-0.05, 0) is 45.2 Å². The number of nitrogens with one attached hydrogen (secondary N) is 2. The first-order valence-corrected chi connectivity index (χ1v) is 20.1. The quantitative estimate of drug-likeness (QED) is 0.197. The molecule has 1 atom stereocenters. The number of nitrogens with zero attached hydrogens (tertiary/aromatic N) is 10. The van der Waals surface area contributed by atoms with Gasteiger partial charge in [0.1, 0.15) is 23.5 Å². The smallest absolute Gasteiger partial charge is 0.256 e. The Balaban J connectivity index is 0.873. The topological polar surface area (TPSA) is 193 Å². The normalized spacial score (nSPS) is 19.3. The van der Waals surface area contributed by atoms with E-state index in [1.165, 1.54) is 17.3 Å². The fraction of sp³-hybridized carbons (Fsp3) is 0.405. The molecule has 56 heavy (non-hydrogen) atoms. The molecule has 1 aromatic carbocycles. The van der Waals surface area contributed by atoms with Crippen molar-refractivity contribution in [1.29, 1.82) is 0 Å². The van der Waals surface area contributed by atoms with E-state index >= 15 is 4.39 Å². The van der Waals surface area contributed by atoms with E-state index in [-0.39, 0.29) is 47.7 Å². The lowest BCUT2D eigenvalue weighted by atomic mass is 10.0. The first-order valence-electron chi connectivity index (χ1n) is 18.6. The Labute approximate surface area is 320 Å². The number of halogens is 1. The molecule has 4 aliphatic rings. The van der Waals surface area contributed by atoms with Gasteiger partial charge in [0.15, 0.2) is 11.6 Å². The van der Waals surface area contributed by atoms with Gasteiger partial charge < -0.3 is 15.1 Å². The van der Waals surface area contributed by atoms with Crippen LogP contribution in [0.1, 0.15) is 67.1 Å². The van der Waals surface area contributed by atoms with Gasteiger partial charge in [0.05, 0.1) is 40.7 Å². The summed E-state index contributed by atoms with van der Waals surface area (Å²) in [6, 6.07) is 6.18. The highest BCUT2D eigenvalue weighted by Gasteiger charge is 2.41. The highest BCUT2D eigenvalue weighted by molar-refractivity contribution is 7.90. The van der Waals surface area contributed by atoms with Gasteiger partial charge >= 0.3 is 0 Å². The minimum atomic E-state index is -3.51. The molecule has 5 aromatic rings. The lowest BCUT2D eigenvalue weighted by Crippen LogP contribution is -2.52. The van der Waals surface area contributed by atoms with E-state index in [1.54, 1.807) is 30.6 Å². The Hall–Kier alpha value is -5.82. The maximum absolute atomic E-state index is 15.9. The number of carbonyl (C=O) groups is 3. The molecule has 7 heterocycles. The van der Waals surface area contributed by atoms with Crippen LogP contribution in [-0.2, 0) is 32.7 Å². The molecule has 2 saturated heterocycles. The molecule has 4 aromatic heterocycles. The molecule has 9 rings (SSSR count). The third kappa shape index (κ3) is 6.43. The van der Waals surface area contributed by atoms with E-state index in [4.69, 9.17) is 5.10 Å². The van der Waals surface area contributed by atoms with Crippen molar-refractivity contribution < 1.29 is 27.2 Å². The van der Waals surface area contributed by atoms with Crippen LogP contribution < -0.4 is 15.5 Å². The molecule has 3 fully saturated rings. The van der Waals surface area contributed by atoms with Crippen LogP contribution in [0.25, 0.3) is 22.3 Å². The van der Waals surface area contributed by atoms with Crippen LogP contribution in [0.4, 0.5) is 21.8 Å². The summed E-state index contributed by atoms with van der Waals surface area (Å²) in [7, 11) is -3.51. The van der Waals surface area contributed by atoms with E-state index in [0.29, 0.717) is 74.2 Å². The lowest BCUT2D eigenvalue weighted by molar-refractivity contribution is -0.136. The fourth-order valence-corrected chi connectivity index (χ4v) is 9.10. The Morgan fingerprint density at radius 3 is 2.55 bits per heavy atom. The van der Waals surface area contributed by atoms with Crippen molar-refractivity contribution >= 4 is 56.1 Å². The number of aromatic nitrogens is 7. The van der Waals surface area contributed by atoms with Crippen molar-refractivity contribution in [2.24, 2.45) is 0 Å². The molecule has 290 valence electrons. The summed E-state index contributed by atoms with van der Waals surface area (Å²) in [5.41, 5.74) is 2.40. The summed E-state index contributed by atoms with van der Waals surface area (Å²) in [4.78, 5) is 56.6. The second-order valence-corrected chi connectivity index (χ2v) is 17.0. The molecule has 1 unspecified atom stereocenters. The second-order valence-electron chi connectivity index (χ2n) is 14.9. The summed E-state index contributed by atoms with van der Waals surface area (Å²) in [5, 5.41) is 15.1. The number of pyridine rings is 1. The number of piperidine rings is 1. The van der Waals surface area contributed by atoms with E-state index in [0.717, 1.165) is 20.8 Å². The number of hydrogen-bond donors (Lipinski definition) is 2. The largest absolute Gasteiger partial charge is 0.352 e. The Morgan fingerprint density at radius 1 is 1.00 bits per heavy atom. The maximum atomic E-state index is 15.9. The van der Waals surface area contributed by atoms with Crippen LogP contribution in [0.2, 0.25) is 0 Å². The highest BCUT2D eigenvalue weighted by Crippen LogP contribution is 2.34. The molecule has 1 aliphatic carbocycles. The number of fused-ring (bicyclic) bond motifs is 2. The molecule has 1 saturated carbocycles. The van der Waals surface area contributed by atoms with Crippen molar-refractivity contribution in [3.05, 3.63) is 71.6 Å². The number of amides is 3. The van der Waals surface area contributed by atoms with Gasteiger partial charge in [0.2, 0.25) is 11.8 Å². The van der Waals surface area contributed by atoms with Gasteiger partial charge in [-0.1, -0.05) is 6.07 Å². The molecule has 19 heteroatoms. The third-order valence-electron chi connectivity index (χ3n) is 10.8. The number of benzene rings is 1. The van der Waals surface area contributed by atoms with Gasteiger partial charge in [-0.3, -0.25) is 29.3 Å². The van der Waals surface area contributed by atoms with Crippen LogP contribution in [-0.4, -0.2) is 107 Å². The molecule has 2 N–H and O–H groups in total. The molecular weight excluding hydrogens is 744 g/mol. The minimum Gasteiger partial charge on any atom is -0.352 e. The predicted octanol–water partition coefficient (Wildman–Crippen LogP) is 2.97. The summed E-state index contributed by atoms with van der Waals surface area (Å²) in [6.07, 6.45) is 7.90. The zero-order valence-corrected chi connectivity index (χ0v) is 31.5. The third-order valence-corrected chi connectivity index (χ3v) is 12.8. The van der Waals surface area contributed by atoms with Gasteiger partial charge in [-0.25, -0.2) is 27.8 Å². The summed E-state index contributed by atoms with van der Waals surface area (Å²) < 4.78 is 44.1. The Kier molecular flexibility index (Phi) is 8.79. The summed E-state index contributed by atoms with van der Waals surface area (Å²) in [5.74, 6) is 0.440. The SMILES string of the molecule is CC(C)n1nc(N2CCN(Cc3ccc4c(c3F)CN(C3CCC(=O)NC3=O)C4=O)CC2)c2cnc(Nc3ccnc(-c4cnn(S(=O)(=O)C5CC5)c4)n3)cc21. The van der Waals surface area contributed by atoms with Crippen molar-refractivity contribution in [2.75, 3.05) is 36.4 Å². The van der Waals surface area contributed by atoms with Crippen LogP contribution in [0.15, 0.2) is 49.1 Å². The average molecular weight is 783 g/mol. The second kappa shape index (κ2) is 13.7. The molecule has 3 aliphatic heterocycles. The van der Waals surface area contributed by atoms with Crippen LogP contribution in [0.5, 0.6) is 0 Å². The molecule has 17 nitrogen and oxygen atoms in total. The van der Waals surface area contributed by atoms with E-state index < -0.39 is 33.7 Å². The monoisotopic (exact) mass is 782 g/mol. The van der Waals surface area contributed by atoms with Crippen molar-refractivity contribution in [2.45, 2.75) is 70.0 Å². The zero-order chi connectivity index (χ0) is 38.9. The number of rotatable bonds is 10. The maximum Gasteiger partial charge on any atom is 0.256 e. The van der Waals surface area contributed by atoms with Gasteiger partial charge in [-0.2, -0.15) is 14.3 Å². The van der Waals surface area contributed by atoms with Gasteiger partial charge in [0, 0.05) is 80.3 Å². The Morgan fingerprint density at radius 2 is 1.80 bits per heavy atom. The van der Waals surface area contributed by atoms with Crippen LogP contribution >= 0.6 is 0 Å². The van der Waals surface area contributed by atoms with Crippen molar-refractivity contribution in [1.82, 2.24) is 49.0 Å². The lowest BCUT2D eigenvalue weighted by Gasteiger charge is -2.35. The summed E-state index contributed by atoms with van der Waals surface area (Å²) >= 11 is 0.